The number of hydrogen-bond acceptors (Lipinski definition) is 4. The van der Waals surface area contributed by atoms with Crippen molar-refractivity contribution in [2.24, 2.45) is 0 Å². The van der Waals surface area contributed by atoms with E-state index in [1.165, 1.54) is 17.5 Å². The summed E-state index contributed by atoms with van der Waals surface area (Å²) in [6, 6.07) is 9.34. The van der Waals surface area contributed by atoms with E-state index in [9.17, 15) is 4.79 Å². The van der Waals surface area contributed by atoms with Crippen molar-refractivity contribution < 1.29 is 14.3 Å². The van der Waals surface area contributed by atoms with Gasteiger partial charge in [-0.15, -0.1) is 0 Å². The number of fused-ring (bicyclic) bond motifs is 2. The molecule has 4 aliphatic rings. The van der Waals surface area contributed by atoms with Gasteiger partial charge in [0, 0.05) is 25.7 Å². The number of piperidine rings is 1. The first-order chi connectivity index (χ1) is 13.3. The number of benzene rings is 1. The number of likely N-dealkylation sites (tertiary alicyclic amines) is 1. The lowest BCUT2D eigenvalue weighted by atomic mass is 9.73. The number of carbonyl (C=O) groups is 1. The lowest BCUT2D eigenvalue weighted by Crippen LogP contribution is -2.47. The summed E-state index contributed by atoms with van der Waals surface area (Å²) in [5.74, 6) is 0.343. The van der Waals surface area contributed by atoms with Crippen molar-refractivity contribution in [3.63, 3.8) is 0 Å². The molecule has 0 radical (unpaired) electrons. The van der Waals surface area contributed by atoms with Crippen LogP contribution in [0.25, 0.3) is 0 Å². The van der Waals surface area contributed by atoms with Gasteiger partial charge in [-0.3, -0.25) is 9.69 Å². The zero-order valence-corrected chi connectivity index (χ0v) is 16.1. The van der Waals surface area contributed by atoms with Crippen LogP contribution in [0.3, 0.4) is 0 Å². The minimum absolute atomic E-state index is 0.0284. The van der Waals surface area contributed by atoms with Crippen LogP contribution in [0.5, 0.6) is 0 Å². The van der Waals surface area contributed by atoms with E-state index in [-0.39, 0.29) is 11.3 Å². The summed E-state index contributed by atoms with van der Waals surface area (Å²) in [6.07, 6.45) is 4.47. The van der Waals surface area contributed by atoms with Crippen LogP contribution in [0.1, 0.15) is 42.7 Å². The Morgan fingerprint density at radius 3 is 2.52 bits per heavy atom. The smallest absolute Gasteiger partial charge is 0.230 e. The van der Waals surface area contributed by atoms with Crippen LogP contribution >= 0.6 is 0 Å². The molecule has 5 heteroatoms. The van der Waals surface area contributed by atoms with E-state index < -0.39 is 0 Å². The van der Waals surface area contributed by atoms with E-state index in [4.69, 9.17) is 9.47 Å². The molecule has 3 heterocycles. The lowest BCUT2D eigenvalue weighted by Gasteiger charge is -2.42. The summed E-state index contributed by atoms with van der Waals surface area (Å²) in [5.41, 5.74) is 2.91. The Morgan fingerprint density at radius 2 is 1.78 bits per heavy atom. The molecule has 5 nitrogen and oxygen atoms in total. The Balaban J connectivity index is 1.36. The summed E-state index contributed by atoms with van der Waals surface area (Å²) >= 11 is 0. The molecule has 0 N–H and O–H groups in total. The first-order valence-corrected chi connectivity index (χ1v) is 10.5. The molecule has 1 spiro atoms. The third-order valence-electron chi connectivity index (χ3n) is 7.30. The predicted octanol–water partition coefficient (Wildman–Crippen LogP) is 2.16. The highest BCUT2D eigenvalue weighted by molar-refractivity contribution is 5.86. The molecule has 1 aromatic carbocycles. The minimum atomic E-state index is 0.0284. The van der Waals surface area contributed by atoms with Crippen LogP contribution in [0.15, 0.2) is 24.3 Å². The second kappa shape index (κ2) is 7.19. The van der Waals surface area contributed by atoms with Crippen molar-refractivity contribution in [2.45, 2.75) is 43.1 Å². The molecule has 0 unspecified atom stereocenters. The average Bonchev–Trinajstić information content (AvgIpc) is 3.37. The summed E-state index contributed by atoms with van der Waals surface area (Å²) in [5, 5.41) is 0. The van der Waals surface area contributed by atoms with Gasteiger partial charge in [0.2, 0.25) is 5.91 Å². The Labute approximate surface area is 161 Å². The highest BCUT2D eigenvalue weighted by Crippen LogP contribution is 2.52. The quantitative estimate of drug-likeness (QED) is 0.800. The summed E-state index contributed by atoms with van der Waals surface area (Å²) < 4.78 is 11.0. The number of rotatable bonds is 2. The third-order valence-corrected chi connectivity index (χ3v) is 7.30. The SMILES string of the molecule is O=C([C@@H]1CC2(CCN([C@@H]3CCOC3)CC2)c2ccccc21)N1CCOCC1. The highest BCUT2D eigenvalue weighted by atomic mass is 16.5. The highest BCUT2D eigenvalue weighted by Gasteiger charge is 2.48. The van der Waals surface area contributed by atoms with E-state index in [0.29, 0.717) is 25.2 Å². The Bertz CT molecular complexity index is 687. The van der Waals surface area contributed by atoms with Crippen molar-refractivity contribution in [2.75, 3.05) is 52.6 Å². The van der Waals surface area contributed by atoms with Crippen molar-refractivity contribution >= 4 is 5.91 Å². The molecular formula is C22H30N2O3. The lowest BCUT2D eigenvalue weighted by molar-refractivity contribution is -0.137. The Morgan fingerprint density at radius 1 is 1.00 bits per heavy atom. The maximum atomic E-state index is 13.3. The van der Waals surface area contributed by atoms with Crippen LogP contribution in [0, 0.1) is 0 Å². The van der Waals surface area contributed by atoms with E-state index in [2.05, 4.69) is 29.2 Å². The molecule has 0 aromatic heterocycles. The molecule has 0 bridgehead atoms. The van der Waals surface area contributed by atoms with Gasteiger partial charge < -0.3 is 14.4 Å². The van der Waals surface area contributed by atoms with Crippen molar-refractivity contribution in [3.8, 4) is 0 Å². The molecule has 3 fully saturated rings. The topological polar surface area (TPSA) is 42.0 Å². The van der Waals surface area contributed by atoms with Crippen LogP contribution in [-0.2, 0) is 19.7 Å². The Hall–Kier alpha value is -1.43. The number of morpholine rings is 1. The molecule has 1 amide bonds. The molecular weight excluding hydrogens is 340 g/mol. The molecule has 2 atom stereocenters. The van der Waals surface area contributed by atoms with Crippen LogP contribution in [0.2, 0.25) is 0 Å². The van der Waals surface area contributed by atoms with Gasteiger partial charge in [-0.25, -0.2) is 0 Å². The van der Waals surface area contributed by atoms with E-state index in [1.807, 2.05) is 4.90 Å². The van der Waals surface area contributed by atoms with Crippen molar-refractivity contribution in [3.05, 3.63) is 35.4 Å². The maximum Gasteiger partial charge on any atom is 0.230 e. The van der Waals surface area contributed by atoms with Gasteiger partial charge in [0.05, 0.1) is 25.7 Å². The van der Waals surface area contributed by atoms with Crippen LogP contribution in [0.4, 0.5) is 0 Å². The van der Waals surface area contributed by atoms with Gasteiger partial charge in [-0.05, 0) is 55.3 Å². The van der Waals surface area contributed by atoms with Crippen molar-refractivity contribution in [1.29, 1.82) is 0 Å². The van der Waals surface area contributed by atoms with Gasteiger partial charge in [0.1, 0.15) is 0 Å². The molecule has 146 valence electrons. The van der Waals surface area contributed by atoms with Crippen molar-refractivity contribution in [1.82, 2.24) is 9.80 Å². The molecule has 27 heavy (non-hydrogen) atoms. The molecule has 3 saturated heterocycles. The number of nitrogens with zero attached hydrogens (tertiary/aromatic N) is 2. The van der Waals surface area contributed by atoms with Gasteiger partial charge in [-0.1, -0.05) is 24.3 Å². The van der Waals surface area contributed by atoms with E-state index >= 15 is 0 Å². The first kappa shape index (κ1) is 17.7. The second-order valence-electron chi connectivity index (χ2n) is 8.62. The molecule has 3 aliphatic heterocycles. The molecule has 0 saturated carbocycles. The first-order valence-electron chi connectivity index (χ1n) is 10.5. The standard InChI is InChI=1S/C22H30N2O3/c25-21(24-10-13-26-14-11-24)19-15-22(20-4-2-1-3-18(19)20)6-8-23(9-7-22)17-5-12-27-16-17/h1-4,17,19H,5-16H2/t17-,19-/m1/s1. The predicted molar refractivity (Wildman–Crippen MR) is 103 cm³/mol. The summed E-state index contributed by atoms with van der Waals surface area (Å²) in [7, 11) is 0. The normalized spacial score (nSPS) is 30.6. The van der Waals surface area contributed by atoms with Gasteiger partial charge >= 0.3 is 0 Å². The maximum absolute atomic E-state index is 13.3. The fourth-order valence-electron chi connectivity index (χ4n) is 5.72. The molecule has 5 rings (SSSR count). The number of carbonyl (C=O) groups excluding carboxylic acids is 1. The zero-order valence-electron chi connectivity index (χ0n) is 16.1. The van der Waals surface area contributed by atoms with Crippen LogP contribution < -0.4 is 0 Å². The van der Waals surface area contributed by atoms with Gasteiger partial charge in [0.15, 0.2) is 0 Å². The fourth-order valence-corrected chi connectivity index (χ4v) is 5.72. The number of amides is 1. The number of hydrogen-bond donors (Lipinski definition) is 0. The largest absolute Gasteiger partial charge is 0.380 e. The molecule has 1 aromatic rings. The third kappa shape index (κ3) is 3.10. The summed E-state index contributed by atoms with van der Waals surface area (Å²) in [4.78, 5) is 18.0. The average molecular weight is 370 g/mol. The Kier molecular flexibility index (Phi) is 4.70. The van der Waals surface area contributed by atoms with Gasteiger partial charge in [-0.2, -0.15) is 0 Å². The van der Waals surface area contributed by atoms with E-state index in [1.54, 1.807) is 0 Å². The second-order valence-corrected chi connectivity index (χ2v) is 8.62. The van der Waals surface area contributed by atoms with Crippen LogP contribution in [-0.4, -0.2) is 74.4 Å². The number of ether oxygens (including phenoxy) is 2. The fraction of sp³-hybridized carbons (Fsp3) is 0.682. The minimum Gasteiger partial charge on any atom is -0.380 e. The van der Waals surface area contributed by atoms with Gasteiger partial charge in [0.25, 0.3) is 0 Å². The molecule has 1 aliphatic carbocycles. The zero-order chi connectivity index (χ0) is 18.3. The summed E-state index contributed by atoms with van der Waals surface area (Å²) in [6.45, 7) is 6.86. The monoisotopic (exact) mass is 370 g/mol. The van der Waals surface area contributed by atoms with E-state index in [0.717, 1.165) is 58.7 Å².